The minimum Gasteiger partial charge on any atom is -0.310 e. The van der Waals surface area contributed by atoms with E-state index in [9.17, 15) is 4.79 Å². The Balaban J connectivity index is 1.68. The fourth-order valence-electron chi connectivity index (χ4n) is 2.48. The number of carbonyl (C=O) groups is 1. The van der Waals surface area contributed by atoms with Gasteiger partial charge in [-0.2, -0.15) is 5.10 Å². The first-order valence-electron chi connectivity index (χ1n) is 7.42. The molecule has 0 fully saturated rings. The Morgan fingerprint density at radius 3 is 2.57 bits per heavy atom. The third kappa shape index (κ3) is 3.63. The van der Waals surface area contributed by atoms with Crippen molar-refractivity contribution in [2.75, 3.05) is 5.32 Å². The third-order valence-electron chi connectivity index (χ3n) is 3.56. The van der Waals surface area contributed by atoms with E-state index in [0.29, 0.717) is 12.2 Å². The molecule has 23 heavy (non-hydrogen) atoms. The monoisotopic (exact) mass is 306 g/mol. The van der Waals surface area contributed by atoms with Gasteiger partial charge in [0.15, 0.2) is 0 Å². The second kappa shape index (κ2) is 6.44. The first kappa shape index (κ1) is 15.0. The largest absolute Gasteiger partial charge is 0.310 e. The molecular formula is C18H18N4O. The van der Waals surface area contributed by atoms with Crippen molar-refractivity contribution < 1.29 is 4.79 Å². The first-order chi connectivity index (χ1) is 11.1. The molecule has 0 bridgehead atoms. The van der Waals surface area contributed by atoms with Gasteiger partial charge in [-0.05, 0) is 24.6 Å². The zero-order valence-electron chi connectivity index (χ0n) is 13.2. The van der Waals surface area contributed by atoms with E-state index < -0.39 is 0 Å². The lowest BCUT2D eigenvalue weighted by Crippen LogP contribution is -2.15. The lowest BCUT2D eigenvalue weighted by Gasteiger charge is -2.05. The van der Waals surface area contributed by atoms with E-state index in [4.69, 9.17) is 0 Å². The second-order valence-corrected chi connectivity index (χ2v) is 5.44. The third-order valence-corrected chi connectivity index (χ3v) is 3.56. The number of nitrogens with zero attached hydrogens (tertiary/aromatic N) is 3. The summed E-state index contributed by atoms with van der Waals surface area (Å²) < 4.78 is 1.78. The highest BCUT2D eigenvalue weighted by Crippen LogP contribution is 2.22. The highest BCUT2D eigenvalue weighted by molar-refractivity contribution is 5.91. The molecular weight excluding hydrogens is 288 g/mol. The van der Waals surface area contributed by atoms with Crippen molar-refractivity contribution in [3.05, 3.63) is 66.1 Å². The van der Waals surface area contributed by atoms with Crippen LogP contribution in [0.3, 0.4) is 0 Å². The van der Waals surface area contributed by atoms with Crippen molar-refractivity contribution in [1.82, 2.24) is 14.8 Å². The predicted molar refractivity (Wildman–Crippen MR) is 90.0 cm³/mol. The Hall–Kier alpha value is -2.95. The summed E-state index contributed by atoms with van der Waals surface area (Å²) in [5.74, 6) is 0.477. The van der Waals surface area contributed by atoms with E-state index in [1.165, 1.54) is 0 Å². The summed E-state index contributed by atoms with van der Waals surface area (Å²) in [5, 5.41) is 7.14. The van der Waals surface area contributed by atoms with Crippen LogP contribution >= 0.6 is 0 Å². The maximum absolute atomic E-state index is 12.0. The molecule has 0 aliphatic rings. The molecule has 2 heterocycles. The Kier molecular flexibility index (Phi) is 4.19. The molecule has 3 rings (SSSR count). The number of amides is 1. The van der Waals surface area contributed by atoms with Crippen LogP contribution in [0.15, 0.2) is 54.9 Å². The number of hydrogen-bond acceptors (Lipinski definition) is 3. The number of benzene rings is 1. The number of rotatable bonds is 4. The summed E-state index contributed by atoms with van der Waals surface area (Å²) in [5.41, 5.74) is 3.96. The second-order valence-electron chi connectivity index (χ2n) is 5.44. The van der Waals surface area contributed by atoms with Gasteiger partial charge in [0.05, 0.1) is 12.1 Å². The van der Waals surface area contributed by atoms with Crippen LogP contribution in [-0.4, -0.2) is 20.7 Å². The van der Waals surface area contributed by atoms with Gasteiger partial charge in [-0.3, -0.25) is 9.48 Å². The minimum atomic E-state index is -0.0750. The summed E-state index contributed by atoms with van der Waals surface area (Å²) in [6.07, 6.45) is 4.05. The van der Waals surface area contributed by atoms with Gasteiger partial charge < -0.3 is 5.32 Å². The molecule has 0 unspecified atom stereocenters. The first-order valence-corrected chi connectivity index (χ1v) is 7.42. The molecule has 1 amide bonds. The fourth-order valence-corrected chi connectivity index (χ4v) is 2.48. The van der Waals surface area contributed by atoms with Crippen LogP contribution in [0.4, 0.5) is 5.82 Å². The topological polar surface area (TPSA) is 59.8 Å². The average Bonchev–Trinajstić information content (AvgIpc) is 2.87. The number of aromatic nitrogens is 3. The summed E-state index contributed by atoms with van der Waals surface area (Å²) in [6.45, 7) is 1.96. The van der Waals surface area contributed by atoms with Crippen LogP contribution in [0, 0.1) is 6.92 Å². The van der Waals surface area contributed by atoms with E-state index in [1.807, 2.05) is 62.6 Å². The molecule has 0 saturated heterocycles. The molecule has 0 saturated carbocycles. The molecule has 0 aliphatic heterocycles. The maximum Gasteiger partial charge on any atom is 0.229 e. The molecule has 1 N–H and O–H groups in total. The van der Waals surface area contributed by atoms with Crippen molar-refractivity contribution in [2.24, 2.45) is 7.05 Å². The zero-order valence-corrected chi connectivity index (χ0v) is 13.2. The predicted octanol–water partition coefficient (Wildman–Crippen LogP) is 2.97. The number of aryl methyl sites for hydroxylation is 2. The lowest BCUT2D eigenvalue weighted by atomic mass is 10.1. The molecule has 5 heteroatoms. The molecule has 5 nitrogen and oxygen atoms in total. The smallest absolute Gasteiger partial charge is 0.229 e. The molecule has 116 valence electrons. The van der Waals surface area contributed by atoms with Crippen LogP contribution in [0.5, 0.6) is 0 Å². The highest BCUT2D eigenvalue weighted by atomic mass is 16.1. The van der Waals surface area contributed by atoms with Crippen LogP contribution in [0.2, 0.25) is 0 Å². The maximum atomic E-state index is 12.0. The van der Waals surface area contributed by atoms with Crippen molar-refractivity contribution in [2.45, 2.75) is 13.3 Å². The summed E-state index contributed by atoms with van der Waals surface area (Å²) in [6, 6.07) is 13.4. The van der Waals surface area contributed by atoms with Gasteiger partial charge in [0.1, 0.15) is 5.82 Å². The van der Waals surface area contributed by atoms with Gasteiger partial charge in [0, 0.05) is 30.6 Å². The molecule has 1 aromatic carbocycles. The van der Waals surface area contributed by atoms with Crippen LogP contribution in [-0.2, 0) is 18.3 Å². The summed E-state index contributed by atoms with van der Waals surface area (Å²) >= 11 is 0. The summed E-state index contributed by atoms with van der Waals surface area (Å²) in [7, 11) is 1.89. The van der Waals surface area contributed by atoms with Gasteiger partial charge in [-0.25, -0.2) is 4.98 Å². The molecule has 3 aromatic rings. The van der Waals surface area contributed by atoms with Crippen molar-refractivity contribution in [3.8, 4) is 11.1 Å². The van der Waals surface area contributed by atoms with Crippen molar-refractivity contribution in [3.63, 3.8) is 0 Å². The number of nitrogens with one attached hydrogen (secondary N) is 1. The van der Waals surface area contributed by atoms with Crippen LogP contribution in [0.25, 0.3) is 11.1 Å². The highest BCUT2D eigenvalue weighted by Gasteiger charge is 2.08. The van der Waals surface area contributed by atoms with E-state index in [0.717, 1.165) is 22.4 Å². The van der Waals surface area contributed by atoms with E-state index >= 15 is 0 Å². The SMILES string of the molecule is Cc1nn(C)cc1-c1ccc(NC(=O)Cc2ccccc2)nc1. The van der Waals surface area contributed by atoms with Gasteiger partial charge >= 0.3 is 0 Å². The molecule has 2 aromatic heterocycles. The normalized spacial score (nSPS) is 10.5. The number of carbonyl (C=O) groups excluding carboxylic acids is 1. The Bertz CT molecular complexity index is 807. The van der Waals surface area contributed by atoms with Crippen molar-refractivity contribution in [1.29, 1.82) is 0 Å². The minimum absolute atomic E-state index is 0.0750. The Morgan fingerprint density at radius 2 is 1.96 bits per heavy atom. The molecule has 0 radical (unpaired) electrons. The number of pyridine rings is 1. The van der Waals surface area contributed by atoms with Crippen LogP contribution < -0.4 is 5.32 Å². The Morgan fingerprint density at radius 1 is 1.17 bits per heavy atom. The van der Waals surface area contributed by atoms with E-state index in [2.05, 4.69) is 15.4 Å². The Labute approximate surface area is 135 Å². The molecule has 0 aliphatic carbocycles. The van der Waals surface area contributed by atoms with Crippen molar-refractivity contribution >= 4 is 11.7 Å². The number of anilines is 1. The lowest BCUT2D eigenvalue weighted by molar-refractivity contribution is -0.115. The van der Waals surface area contributed by atoms with E-state index in [-0.39, 0.29) is 5.91 Å². The van der Waals surface area contributed by atoms with Gasteiger partial charge in [0.2, 0.25) is 5.91 Å². The standard InChI is InChI=1S/C18H18N4O/c1-13-16(12-22(2)21-13)15-8-9-17(19-11-15)20-18(23)10-14-6-4-3-5-7-14/h3-9,11-12H,10H2,1-2H3,(H,19,20,23). The summed E-state index contributed by atoms with van der Waals surface area (Å²) in [4.78, 5) is 16.3. The molecule has 0 atom stereocenters. The van der Waals surface area contributed by atoms with Gasteiger partial charge in [-0.15, -0.1) is 0 Å². The average molecular weight is 306 g/mol. The fraction of sp³-hybridized carbons (Fsp3) is 0.167. The molecule has 0 spiro atoms. The van der Waals surface area contributed by atoms with Gasteiger partial charge in [-0.1, -0.05) is 30.3 Å². The van der Waals surface area contributed by atoms with Gasteiger partial charge in [0.25, 0.3) is 0 Å². The van der Waals surface area contributed by atoms with E-state index in [1.54, 1.807) is 10.9 Å². The number of hydrogen-bond donors (Lipinski definition) is 1. The zero-order chi connectivity index (χ0) is 16.2. The quantitative estimate of drug-likeness (QED) is 0.806. The van der Waals surface area contributed by atoms with Crippen LogP contribution in [0.1, 0.15) is 11.3 Å².